The van der Waals surface area contributed by atoms with Crippen LogP contribution in [0.5, 0.6) is 5.75 Å². The molecule has 0 saturated carbocycles. The molecular formula is C16H11FN2O3. The third kappa shape index (κ3) is 2.42. The minimum absolute atomic E-state index is 0.0800. The van der Waals surface area contributed by atoms with Gasteiger partial charge in [-0.2, -0.15) is 0 Å². The lowest BCUT2D eigenvalue weighted by molar-refractivity contribution is -0.130. The summed E-state index contributed by atoms with van der Waals surface area (Å²) in [7, 11) is 0. The number of hydrogen-bond donors (Lipinski definition) is 3. The van der Waals surface area contributed by atoms with Gasteiger partial charge in [0, 0.05) is 23.3 Å². The molecule has 0 aliphatic rings. The van der Waals surface area contributed by atoms with Crippen molar-refractivity contribution in [2.75, 3.05) is 0 Å². The Morgan fingerprint density at radius 1 is 1.32 bits per heavy atom. The number of aromatic hydroxyl groups is 1. The molecule has 2 aromatic heterocycles. The van der Waals surface area contributed by atoms with Crippen molar-refractivity contribution < 1.29 is 19.4 Å². The molecule has 0 bridgehead atoms. The Hall–Kier alpha value is -3.15. The molecule has 22 heavy (non-hydrogen) atoms. The summed E-state index contributed by atoms with van der Waals surface area (Å²) in [6.07, 6.45) is 4.70. The number of H-pyrrole nitrogens is 1. The highest BCUT2D eigenvalue weighted by molar-refractivity contribution is 6.21. The summed E-state index contributed by atoms with van der Waals surface area (Å²) in [6, 6.07) is 7.02. The number of phenolic OH excluding ortho intramolecular Hbond substituents is 1. The van der Waals surface area contributed by atoms with Crippen LogP contribution in [0.3, 0.4) is 0 Å². The van der Waals surface area contributed by atoms with E-state index in [4.69, 9.17) is 0 Å². The summed E-state index contributed by atoms with van der Waals surface area (Å²) in [4.78, 5) is 18.5. The molecule has 3 N–H and O–H groups in total. The number of nitrogens with one attached hydrogen (secondary N) is 1. The molecule has 0 aliphatic heterocycles. The van der Waals surface area contributed by atoms with Crippen LogP contribution in [0.2, 0.25) is 0 Å². The summed E-state index contributed by atoms with van der Waals surface area (Å²) in [5.41, 5.74) is 1.36. The molecule has 0 aliphatic carbocycles. The van der Waals surface area contributed by atoms with E-state index in [2.05, 4.69) is 9.97 Å². The first-order valence-electron chi connectivity index (χ1n) is 6.42. The van der Waals surface area contributed by atoms with Crippen LogP contribution >= 0.6 is 0 Å². The number of aromatic amines is 1. The quantitative estimate of drug-likeness (QED) is 0.649. The molecule has 0 fully saturated rings. The number of aliphatic carboxylic acids is 1. The Bertz CT molecular complexity index is 899. The molecule has 0 unspecified atom stereocenters. The van der Waals surface area contributed by atoms with Crippen molar-refractivity contribution in [2.45, 2.75) is 0 Å². The molecular weight excluding hydrogens is 287 g/mol. The van der Waals surface area contributed by atoms with Gasteiger partial charge in [0.1, 0.15) is 5.65 Å². The third-order valence-electron chi connectivity index (χ3n) is 3.27. The molecule has 3 aromatic rings. The van der Waals surface area contributed by atoms with Crippen molar-refractivity contribution >= 4 is 28.7 Å². The van der Waals surface area contributed by atoms with Gasteiger partial charge in [0.15, 0.2) is 11.6 Å². The lowest BCUT2D eigenvalue weighted by Crippen LogP contribution is -2.00. The third-order valence-corrected chi connectivity index (χ3v) is 3.27. The van der Waals surface area contributed by atoms with Gasteiger partial charge in [0.25, 0.3) is 0 Å². The van der Waals surface area contributed by atoms with Crippen LogP contribution in [0.4, 0.5) is 4.39 Å². The first-order chi connectivity index (χ1) is 10.6. The van der Waals surface area contributed by atoms with Crippen molar-refractivity contribution in [3.05, 3.63) is 59.7 Å². The number of phenols is 1. The SMILES string of the molecule is O=C(O)C(=Cc1c[nH]c2ncccc12)c1ccc(O)c(F)c1. The zero-order chi connectivity index (χ0) is 15.7. The van der Waals surface area contributed by atoms with E-state index in [9.17, 15) is 19.4 Å². The van der Waals surface area contributed by atoms with Gasteiger partial charge in [-0.05, 0) is 35.9 Å². The van der Waals surface area contributed by atoms with Gasteiger partial charge in [-0.1, -0.05) is 6.07 Å². The molecule has 2 heterocycles. The molecule has 3 rings (SSSR count). The molecule has 1 aromatic carbocycles. The minimum Gasteiger partial charge on any atom is -0.505 e. The first-order valence-corrected chi connectivity index (χ1v) is 6.42. The summed E-state index contributed by atoms with van der Waals surface area (Å²) in [5, 5.41) is 19.4. The van der Waals surface area contributed by atoms with E-state index in [0.29, 0.717) is 11.2 Å². The second-order valence-electron chi connectivity index (χ2n) is 4.67. The minimum atomic E-state index is -1.19. The number of carboxylic acid groups (broad SMARTS) is 1. The number of rotatable bonds is 3. The van der Waals surface area contributed by atoms with E-state index in [0.717, 1.165) is 17.5 Å². The lowest BCUT2D eigenvalue weighted by atomic mass is 10.0. The molecule has 0 atom stereocenters. The molecule has 0 radical (unpaired) electrons. The van der Waals surface area contributed by atoms with E-state index < -0.39 is 17.5 Å². The highest BCUT2D eigenvalue weighted by atomic mass is 19.1. The summed E-state index contributed by atoms with van der Waals surface area (Å²) >= 11 is 0. The van der Waals surface area contributed by atoms with Crippen LogP contribution in [0.1, 0.15) is 11.1 Å². The normalized spacial score (nSPS) is 11.8. The first kappa shape index (κ1) is 13.8. The Morgan fingerprint density at radius 2 is 2.14 bits per heavy atom. The van der Waals surface area contributed by atoms with E-state index in [-0.39, 0.29) is 11.1 Å². The number of aromatic nitrogens is 2. The van der Waals surface area contributed by atoms with Crippen LogP contribution < -0.4 is 0 Å². The van der Waals surface area contributed by atoms with Gasteiger partial charge in [-0.25, -0.2) is 14.2 Å². The predicted molar refractivity (Wildman–Crippen MR) is 79.7 cm³/mol. The number of benzene rings is 1. The second-order valence-corrected chi connectivity index (χ2v) is 4.67. The number of carbonyl (C=O) groups is 1. The highest BCUT2D eigenvalue weighted by Crippen LogP contribution is 2.26. The van der Waals surface area contributed by atoms with Crippen molar-refractivity contribution in [3.8, 4) is 5.75 Å². The molecule has 6 heteroatoms. The van der Waals surface area contributed by atoms with Crippen molar-refractivity contribution in [1.82, 2.24) is 9.97 Å². The summed E-state index contributed by atoms with van der Waals surface area (Å²) < 4.78 is 13.4. The van der Waals surface area contributed by atoms with Crippen LogP contribution in [0, 0.1) is 5.82 Å². The Balaban J connectivity index is 2.15. The number of nitrogens with zero attached hydrogens (tertiary/aromatic N) is 1. The smallest absolute Gasteiger partial charge is 0.336 e. The van der Waals surface area contributed by atoms with Gasteiger partial charge in [-0.15, -0.1) is 0 Å². The maximum absolute atomic E-state index is 13.4. The lowest BCUT2D eigenvalue weighted by Gasteiger charge is -2.04. The van der Waals surface area contributed by atoms with E-state index in [1.165, 1.54) is 12.1 Å². The zero-order valence-corrected chi connectivity index (χ0v) is 11.2. The topological polar surface area (TPSA) is 86.2 Å². The largest absolute Gasteiger partial charge is 0.505 e. The number of halogens is 1. The monoisotopic (exact) mass is 298 g/mol. The highest BCUT2D eigenvalue weighted by Gasteiger charge is 2.14. The average Bonchev–Trinajstić information content (AvgIpc) is 2.91. The maximum atomic E-state index is 13.4. The Labute approximate surface area is 124 Å². The maximum Gasteiger partial charge on any atom is 0.336 e. The number of carboxylic acids is 1. The Morgan fingerprint density at radius 3 is 2.86 bits per heavy atom. The molecule has 0 saturated heterocycles. The molecule has 0 spiro atoms. The van der Waals surface area contributed by atoms with Crippen LogP contribution in [0.15, 0.2) is 42.7 Å². The fourth-order valence-electron chi connectivity index (χ4n) is 2.20. The zero-order valence-electron chi connectivity index (χ0n) is 11.2. The van der Waals surface area contributed by atoms with Gasteiger partial charge in [0.2, 0.25) is 0 Å². The van der Waals surface area contributed by atoms with Crippen LogP contribution in [-0.2, 0) is 4.79 Å². The fraction of sp³-hybridized carbons (Fsp3) is 0. The van der Waals surface area contributed by atoms with Gasteiger partial charge < -0.3 is 15.2 Å². The summed E-state index contributed by atoms with van der Waals surface area (Å²) in [6.45, 7) is 0. The number of hydrogen-bond acceptors (Lipinski definition) is 3. The van der Waals surface area contributed by atoms with Crippen molar-refractivity contribution in [2.24, 2.45) is 0 Å². The average molecular weight is 298 g/mol. The van der Waals surface area contributed by atoms with Gasteiger partial charge in [-0.3, -0.25) is 0 Å². The van der Waals surface area contributed by atoms with Crippen LogP contribution in [-0.4, -0.2) is 26.2 Å². The number of fused-ring (bicyclic) bond motifs is 1. The van der Waals surface area contributed by atoms with Crippen molar-refractivity contribution in [3.63, 3.8) is 0 Å². The number of pyridine rings is 1. The molecule has 0 amide bonds. The van der Waals surface area contributed by atoms with Gasteiger partial charge >= 0.3 is 5.97 Å². The predicted octanol–water partition coefficient (Wildman–Crippen LogP) is 3.03. The van der Waals surface area contributed by atoms with E-state index >= 15 is 0 Å². The summed E-state index contributed by atoms with van der Waals surface area (Å²) in [5.74, 6) is -2.58. The van der Waals surface area contributed by atoms with E-state index in [1.807, 2.05) is 6.07 Å². The standard InChI is InChI=1S/C16H11FN2O3/c17-13-7-9(3-4-14(13)20)12(16(21)22)6-10-8-19-15-11(10)2-1-5-18-15/h1-8,20H,(H,18,19)(H,21,22). The molecule has 110 valence electrons. The van der Waals surface area contributed by atoms with E-state index in [1.54, 1.807) is 18.5 Å². The Kier molecular flexibility index (Phi) is 3.34. The van der Waals surface area contributed by atoms with Crippen LogP contribution in [0.25, 0.3) is 22.7 Å². The van der Waals surface area contributed by atoms with Gasteiger partial charge in [0.05, 0.1) is 5.57 Å². The molecule has 5 nitrogen and oxygen atoms in total. The fourth-order valence-corrected chi connectivity index (χ4v) is 2.20. The second kappa shape index (κ2) is 5.33. The van der Waals surface area contributed by atoms with Crippen molar-refractivity contribution in [1.29, 1.82) is 0 Å².